The van der Waals surface area contributed by atoms with E-state index in [0.29, 0.717) is 12.8 Å². The summed E-state index contributed by atoms with van der Waals surface area (Å²) < 4.78 is 32.8. The standard InChI is InChI=1S/C48H88NO10P/c1-3-5-7-9-11-13-15-17-19-21-22-24-26-28-30-32-34-36-38-40-47(51)59-44(42-57-60(54,55)58-43-45(49)48(52)53)41-56-46(50)39-37-35-33-31-29-27-25-23-20-18-16-14-12-10-8-6-4-2/h11,13,17,19,22,24,44-45H,3-10,12,14-16,18,20-21,23,25-43,49H2,1-2H3,(H,52,53)(H,54,55)/b13-11-,19-17-,24-22-. The molecule has 3 atom stereocenters. The van der Waals surface area contributed by atoms with Crippen LogP contribution in [0.15, 0.2) is 36.5 Å². The minimum absolute atomic E-state index is 0.148. The zero-order valence-corrected chi connectivity index (χ0v) is 38.9. The van der Waals surface area contributed by atoms with E-state index in [9.17, 15) is 23.8 Å². The van der Waals surface area contributed by atoms with Gasteiger partial charge in [-0.2, -0.15) is 0 Å². The summed E-state index contributed by atoms with van der Waals surface area (Å²) in [5.41, 5.74) is 5.34. The molecule has 0 fully saturated rings. The third-order valence-electron chi connectivity index (χ3n) is 10.4. The van der Waals surface area contributed by atoms with Crippen LogP contribution in [-0.4, -0.2) is 59.9 Å². The number of hydrogen-bond acceptors (Lipinski definition) is 9. The monoisotopic (exact) mass is 870 g/mol. The molecule has 0 saturated heterocycles. The fourth-order valence-electron chi connectivity index (χ4n) is 6.60. The molecule has 0 heterocycles. The minimum Gasteiger partial charge on any atom is -0.480 e. The highest BCUT2D eigenvalue weighted by Crippen LogP contribution is 2.43. The summed E-state index contributed by atoms with van der Waals surface area (Å²) in [4.78, 5) is 46.1. The van der Waals surface area contributed by atoms with E-state index in [0.717, 1.165) is 70.6 Å². The van der Waals surface area contributed by atoms with E-state index in [4.69, 9.17) is 24.8 Å². The van der Waals surface area contributed by atoms with Gasteiger partial charge in [-0.05, 0) is 51.4 Å². The van der Waals surface area contributed by atoms with Crippen LogP contribution in [0.4, 0.5) is 0 Å². The molecule has 0 saturated carbocycles. The lowest BCUT2D eigenvalue weighted by Crippen LogP contribution is -2.34. The Bertz CT molecular complexity index is 1160. The molecule has 4 N–H and O–H groups in total. The second kappa shape index (κ2) is 43.4. The molecule has 3 unspecified atom stereocenters. The number of aliphatic carboxylic acids is 1. The van der Waals surface area contributed by atoms with Crippen molar-refractivity contribution in [3.05, 3.63) is 36.5 Å². The first-order valence-electron chi connectivity index (χ1n) is 24.0. The minimum atomic E-state index is -4.72. The van der Waals surface area contributed by atoms with Crippen LogP contribution in [0.3, 0.4) is 0 Å². The van der Waals surface area contributed by atoms with Crippen molar-refractivity contribution in [3.63, 3.8) is 0 Å². The van der Waals surface area contributed by atoms with Crippen LogP contribution in [0.25, 0.3) is 0 Å². The maximum atomic E-state index is 12.7. The Kier molecular flexibility index (Phi) is 41.7. The molecule has 60 heavy (non-hydrogen) atoms. The van der Waals surface area contributed by atoms with E-state index >= 15 is 0 Å². The molecule has 0 aliphatic heterocycles. The quantitative estimate of drug-likeness (QED) is 0.0230. The van der Waals surface area contributed by atoms with E-state index < -0.39 is 51.1 Å². The molecule has 0 spiro atoms. The van der Waals surface area contributed by atoms with E-state index in [1.807, 2.05) is 0 Å². The average molecular weight is 870 g/mol. The largest absolute Gasteiger partial charge is 0.480 e. The lowest BCUT2D eigenvalue weighted by molar-refractivity contribution is -0.161. The van der Waals surface area contributed by atoms with Crippen molar-refractivity contribution in [2.45, 2.75) is 231 Å². The molecule has 0 aromatic heterocycles. The Hall–Kier alpha value is -2.30. The first kappa shape index (κ1) is 57.7. The predicted molar refractivity (Wildman–Crippen MR) is 245 cm³/mol. The zero-order valence-electron chi connectivity index (χ0n) is 38.1. The van der Waals surface area contributed by atoms with Crippen molar-refractivity contribution < 1.29 is 47.5 Å². The van der Waals surface area contributed by atoms with Crippen LogP contribution in [0.2, 0.25) is 0 Å². The Balaban J connectivity index is 4.31. The van der Waals surface area contributed by atoms with Crippen molar-refractivity contribution in [2.75, 3.05) is 19.8 Å². The van der Waals surface area contributed by atoms with Crippen LogP contribution in [-0.2, 0) is 37.5 Å². The van der Waals surface area contributed by atoms with Crippen molar-refractivity contribution >= 4 is 25.7 Å². The molecule has 0 amide bonds. The number of unbranched alkanes of at least 4 members (excludes halogenated alkanes) is 25. The summed E-state index contributed by atoms with van der Waals surface area (Å²) in [6.45, 7) is 2.79. The molecule has 0 aromatic carbocycles. The van der Waals surface area contributed by atoms with Gasteiger partial charge in [0.15, 0.2) is 6.10 Å². The molecule has 11 nitrogen and oxygen atoms in total. The van der Waals surface area contributed by atoms with Gasteiger partial charge in [0.05, 0.1) is 13.2 Å². The van der Waals surface area contributed by atoms with Crippen molar-refractivity contribution in [3.8, 4) is 0 Å². The van der Waals surface area contributed by atoms with Crippen molar-refractivity contribution in [1.29, 1.82) is 0 Å². The maximum Gasteiger partial charge on any atom is 0.472 e. The summed E-state index contributed by atoms with van der Waals surface area (Å²) in [6, 6.07) is -1.52. The normalized spacial score (nSPS) is 13.9. The lowest BCUT2D eigenvalue weighted by atomic mass is 10.0. The number of rotatable bonds is 45. The molecule has 0 aliphatic rings. The molecular formula is C48H88NO10P. The number of esters is 2. The Labute approximate surface area is 365 Å². The summed E-state index contributed by atoms with van der Waals surface area (Å²) in [6.07, 6.45) is 47.7. The maximum absolute atomic E-state index is 12.7. The number of phosphoric ester groups is 1. The molecule has 12 heteroatoms. The van der Waals surface area contributed by atoms with Crippen molar-refractivity contribution in [2.24, 2.45) is 5.73 Å². The first-order valence-corrected chi connectivity index (χ1v) is 25.5. The summed E-state index contributed by atoms with van der Waals surface area (Å²) in [7, 11) is -4.72. The van der Waals surface area contributed by atoms with Gasteiger partial charge < -0.3 is 25.2 Å². The van der Waals surface area contributed by atoms with Crippen LogP contribution < -0.4 is 5.73 Å². The predicted octanol–water partition coefficient (Wildman–Crippen LogP) is 13.2. The van der Waals surface area contributed by atoms with E-state index in [1.54, 1.807) is 0 Å². The molecule has 350 valence electrons. The number of allylic oxidation sites excluding steroid dienone is 6. The summed E-state index contributed by atoms with van der Waals surface area (Å²) in [5, 5.41) is 8.91. The van der Waals surface area contributed by atoms with Gasteiger partial charge in [-0.1, -0.05) is 192 Å². The van der Waals surface area contributed by atoms with Gasteiger partial charge in [0.2, 0.25) is 0 Å². The summed E-state index contributed by atoms with van der Waals surface area (Å²) in [5.74, 6) is -2.38. The molecular weight excluding hydrogens is 781 g/mol. The molecule has 0 aromatic rings. The van der Waals surface area contributed by atoms with Crippen LogP contribution >= 0.6 is 7.82 Å². The lowest BCUT2D eigenvalue weighted by Gasteiger charge is -2.20. The van der Waals surface area contributed by atoms with Crippen LogP contribution in [0.5, 0.6) is 0 Å². The molecule has 0 aliphatic carbocycles. The van der Waals surface area contributed by atoms with E-state index in [1.165, 1.54) is 109 Å². The summed E-state index contributed by atoms with van der Waals surface area (Å²) >= 11 is 0. The SMILES string of the molecule is CCCCC/C=C\C/C=C\C/C=C\CCCCCCCCC(=O)OC(COC(=O)CCCCCCCCCCCCCCCCCCC)COP(=O)(O)OCC(N)C(=O)O. The van der Waals surface area contributed by atoms with Gasteiger partial charge in [0.25, 0.3) is 0 Å². The Morgan fingerprint density at radius 3 is 1.35 bits per heavy atom. The highest BCUT2D eigenvalue weighted by atomic mass is 31.2. The smallest absolute Gasteiger partial charge is 0.472 e. The average Bonchev–Trinajstić information content (AvgIpc) is 3.22. The third kappa shape index (κ3) is 42.4. The number of carboxylic acids is 1. The number of ether oxygens (including phenoxy) is 2. The first-order chi connectivity index (χ1) is 29.1. The number of phosphoric acid groups is 1. The fourth-order valence-corrected chi connectivity index (χ4v) is 7.38. The molecule has 0 radical (unpaired) electrons. The van der Waals surface area contributed by atoms with Gasteiger partial charge in [0, 0.05) is 12.8 Å². The van der Waals surface area contributed by atoms with Crippen molar-refractivity contribution in [1.82, 2.24) is 0 Å². The van der Waals surface area contributed by atoms with E-state index in [-0.39, 0.29) is 19.4 Å². The second-order valence-electron chi connectivity index (χ2n) is 16.2. The number of carbonyl (C=O) groups is 3. The molecule has 0 rings (SSSR count). The topological polar surface area (TPSA) is 172 Å². The third-order valence-corrected chi connectivity index (χ3v) is 11.3. The van der Waals surface area contributed by atoms with Crippen LogP contribution in [0, 0.1) is 0 Å². The highest BCUT2D eigenvalue weighted by molar-refractivity contribution is 7.47. The van der Waals surface area contributed by atoms with Gasteiger partial charge in [-0.3, -0.25) is 23.4 Å². The van der Waals surface area contributed by atoms with Gasteiger partial charge in [-0.15, -0.1) is 0 Å². The molecule has 0 bridgehead atoms. The fraction of sp³-hybridized carbons (Fsp3) is 0.812. The number of carboxylic acid groups (broad SMARTS) is 1. The highest BCUT2D eigenvalue weighted by Gasteiger charge is 2.28. The Morgan fingerprint density at radius 1 is 0.517 bits per heavy atom. The van der Waals surface area contributed by atoms with Crippen LogP contribution in [0.1, 0.15) is 219 Å². The number of hydrogen-bond donors (Lipinski definition) is 3. The van der Waals surface area contributed by atoms with E-state index in [2.05, 4.69) is 54.8 Å². The zero-order chi connectivity index (χ0) is 44.2. The van der Waals surface area contributed by atoms with Gasteiger partial charge in [0.1, 0.15) is 12.6 Å². The number of nitrogens with two attached hydrogens (primary N) is 1. The Morgan fingerprint density at radius 2 is 0.883 bits per heavy atom. The second-order valence-corrected chi connectivity index (χ2v) is 17.7. The van der Waals surface area contributed by atoms with Gasteiger partial charge in [-0.25, -0.2) is 4.57 Å². The number of carbonyl (C=O) groups excluding carboxylic acids is 2. The van der Waals surface area contributed by atoms with Gasteiger partial charge >= 0.3 is 25.7 Å².